The van der Waals surface area contributed by atoms with Crippen LogP contribution in [0, 0.1) is 0 Å². The van der Waals surface area contributed by atoms with Crippen molar-refractivity contribution >= 4 is 17.4 Å². The lowest BCUT2D eigenvalue weighted by molar-refractivity contribution is 0.194. The predicted molar refractivity (Wildman–Crippen MR) is 102 cm³/mol. The van der Waals surface area contributed by atoms with Crippen LogP contribution in [0.4, 0.5) is 4.79 Å². The fraction of sp³-hybridized carbons (Fsp3) is 0.421. The second kappa shape index (κ2) is 9.32. The van der Waals surface area contributed by atoms with Crippen LogP contribution in [0.3, 0.4) is 0 Å². The Hall–Kier alpha value is -2.21. The lowest BCUT2D eigenvalue weighted by atomic mass is 10.2. The topological polar surface area (TPSA) is 50.8 Å². The number of rotatable bonds is 8. The van der Waals surface area contributed by atoms with Crippen LogP contribution >= 0.6 is 11.3 Å². The largest absolute Gasteiger partial charge is 0.493 e. The maximum Gasteiger partial charge on any atom is 0.317 e. The molecule has 2 aromatic rings. The summed E-state index contributed by atoms with van der Waals surface area (Å²) in [4.78, 5) is 15.3. The zero-order chi connectivity index (χ0) is 18.2. The van der Waals surface area contributed by atoms with Crippen LogP contribution in [-0.4, -0.2) is 31.7 Å². The van der Waals surface area contributed by atoms with Crippen LogP contribution in [0.1, 0.15) is 36.8 Å². The molecule has 5 nitrogen and oxygen atoms in total. The van der Waals surface area contributed by atoms with Gasteiger partial charge in [0.05, 0.1) is 19.8 Å². The number of urea groups is 1. The molecule has 1 aromatic heterocycles. The molecule has 1 atom stereocenters. The number of benzene rings is 1. The van der Waals surface area contributed by atoms with Crippen LogP contribution in [0.5, 0.6) is 11.5 Å². The molecular weight excluding hydrogens is 336 g/mol. The van der Waals surface area contributed by atoms with Gasteiger partial charge in [0.25, 0.3) is 0 Å². The van der Waals surface area contributed by atoms with E-state index >= 15 is 0 Å². The zero-order valence-electron chi connectivity index (χ0n) is 15.2. The first-order valence-corrected chi connectivity index (χ1v) is 9.28. The van der Waals surface area contributed by atoms with Gasteiger partial charge in [-0.05, 0) is 42.5 Å². The number of nitrogens with one attached hydrogen (secondary N) is 1. The predicted octanol–water partition coefficient (Wildman–Crippen LogP) is 4.45. The molecule has 0 spiro atoms. The Morgan fingerprint density at radius 2 is 2.12 bits per heavy atom. The minimum atomic E-state index is -0.105. The van der Waals surface area contributed by atoms with E-state index in [-0.39, 0.29) is 12.1 Å². The molecule has 0 saturated carbocycles. The summed E-state index contributed by atoms with van der Waals surface area (Å²) in [6, 6.07) is 9.69. The maximum absolute atomic E-state index is 12.4. The molecule has 2 rings (SSSR count). The van der Waals surface area contributed by atoms with Gasteiger partial charge < -0.3 is 19.7 Å². The summed E-state index contributed by atoms with van der Waals surface area (Å²) in [5.41, 5.74) is 0.964. The molecule has 0 aliphatic carbocycles. The zero-order valence-corrected chi connectivity index (χ0v) is 16.1. The highest BCUT2D eigenvalue weighted by Crippen LogP contribution is 2.28. The number of amides is 2. The fourth-order valence-corrected chi connectivity index (χ4v) is 3.18. The lowest BCUT2D eigenvalue weighted by Crippen LogP contribution is -2.38. The van der Waals surface area contributed by atoms with Crippen molar-refractivity contribution < 1.29 is 14.3 Å². The summed E-state index contributed by atoms with van der Waals surface area (Å²) in [5, 5.41) is 4.97. The van der Waals surface area contributed by atoms with E-state index in [1.807, 2.05) is 49.7 Å². The average Bonchev–Trinajstić information content (AvgIpc) is 3.18. The number of hydrogen-bond acceptors (Lipinski definition) is 4. The van der Waals surface area contributed by atoms with E-state index in [1.54, 1.807) is 23.3 Å². The molecule has 6 heteroatoms. The smallest absolute Gasteiger partial charge is 0.317 e. The number of thiophene rings is 1. The Morgan fingerprint density at radius 3 is 2.76 bits per heavy atom. The van der Waals surface area contributed by atoms with Crippen molar-refractivity contribution in [1.29, 1.82) is 0 Å². The third kappa shape index (κ3) is 5.13. The van der Waals surface area contributed by atoms with Gasteiger partial charge in [-0.2, -0.15) is 0 Å². The second-order valence-electron chi connectivity index (χ2n) is 5.79. The van der Waals surface area contributed by atoms with E-state index < -0.39 is 0 Å². The molecule has 0 aliphatic rings. The normalized spacial score (nSPS) is 11.7. The van der Waals surface area contributed by atoms with Crippen molar-refractivity contribution in [2.45, 2.75) is 32.9 Å². The summed E-state index contributed by atoms with van der Waals surface area (Å²) < 4.78 is 11.0. The second-order valence-corrected chi connectivity index (χ2v) is 6.77. The molecule has 1 N–H and O–H groups in total. The first kappa shape index (κ1) is 19.1. The van der Waals surface area contributed by atoms with Gasteiger partial charge in [0.15, 0.2) is 11.5 Å². The van der Waals surface area contributed by atoms with Gasteiger partial charge in [-0.3, -0.25) is 0 Å². The number of methoxy groups -OCH3 is 1. The van der Waals surface area contributed by atoms with E-state index in [1.165, 1.54) is 0 Å². The molecule has 1 aromatic carbocycles. The molecule has 0 radical (unpaired) electrons. The summed E-state index contributed by atoms with van der Waals surface area (Å²) in [6.07, 6.45) is 0.940. The van der Waals surface area contributed by atoms with Crippen LogP contribution in [0.15, 0.2) is 35.7 Å². The van der Waals surface area contributed by atoms with Crippen molar-refractivity contribution in [2.75, 3.05) is 20.8 Å². The number of hydrogen-bond donors (Lipinski definition) is 1. The van der Waals surface area contributed by atoms with Crippen molar-refractivity contribution in [3.63, 3.8) is 0 Å². The van der Waals surface area contributed by atoms with Gasteiger partial charge in [-0.25, -0.2) is 4.79 Å². The Labute approximate surface area is 153 Å². The summed E-state index contributed by atoms with van der Waals surface area (Å²) in [5.74, 6) is 1.41. The van der Waals surface area contributed by atoms with E-state index in [4.69, 9.17) is 9.47 Å². The van der Waals surface area contributed by atoms with Crippen molar-refractivity contribution in [1.82, 2.24) is 10.2 Å². The van der Waals surface area contributed by atoms with Gasteiger partial charge in [-0.15, -0.1) is 11.3 Å². The minimum Gasteiger partial charge on any atom is -0.493 e. The standard InChI is InChI=1S/C19H26N2O3S/c1-5-10-24-16-9-8-15(12-17(16)23-4)13-20-19(22)21(3)14(2)18-7-6-11-25-18/h6-9,11-12,14H,5,10,13H2,1-4H3,(H,20,22). The van der Waals surface area contributed by atoms with Gasteiger partial charge in [-0.1, -0.05) is 19.1 Å². The average molecular weight is 362 g/mol. The molecule has 2 amide bonds. The number of carbonyl (C=O) groups is 1. The minimum absolute atomic E-state index is 0.0411. The van der Waals surface area contributed by atoms with Crippen LogP contribution < -0.4 is 14.8 Å². The van der Waals surface area contributed by atoms with Crippen LogP contribution in [-0.2, 0) is 6.54 Å². The van der Waals surface area contributed by atoms with Crippen molar-refractivity contribution in [3.8, 4) is 11.5 Å². The highest BCUT2D eigenvalue weighted by atomic mass is 32.1. The van der Waals surface area contributed by atoms with Crippen molar-refractivity contribution in [3.05, 3.63) is 46.2 Å². The van der Waals surface area contributed by atoms with Gasteiger partial charge in [0.2, 0.25) is 0 Å². The highest BCUT2D eigenvalue weighted by Gasteiger charge is 2.18. The summed E-state index contributed by atoms with van der Waals surface area (Å²) in [6.45, 7) is 5.17. The Balaban J connectivity index is 1.94. The quantitative estimate of drug-likeness (QED) is 0.755. The molecule has 1 heterocycles. The first-order chi connectivity index (χ1) is 12.1. The maximum atomic E-state index is 12.4. The molecule has 0 aliphatic heterocycles. The highest BCUT2D eigenvalue weighted by molar-refractivity contribution is 7.10. The van der Waals surface area contributed by atoms with Crippen LogP contribution in [0.25, 0.3) is 0 Å². The molecule has 1 unspecified atom stereocenters. The molecule has 0 fully saturated rings. The Morgan fingerprint density at radius 1 is 1.32 bits per heavy atom. The number of carbonyl (C=O) groups excluding carboxylic acids is 1. The molecule has 25 heavy (non-hydrogen) atoms. The number of nitrogens with zero attached hydrogens (tertiary/aromatic N) is 1. The third-order valence-electron chi connectivity index (χ3n) is 3.99. The molecule has 0 saturated heterocycles. The third-order valence-corrected chi connectivity index (χ3v) is 5.03. The summed E-state index contributed by atoms with van der Waals surface area (Å²) >= 11 is 1.65. The summed E-state index contributed by atoms with van der Waals surface area (Å²) in [7, 11) is 3.43. The van der Waals surface area contributed by atoms with Gasteiger partial charge in [0, 0.05) is 18.5 Å². The SMILES string of the molecule is CCCOc1ccc(CNC(=O)N(C)C(C)c2cccs2)cc1OC. The van der Waals surface area contributed by atoms with E-state index in [0.717, 1.165) is 22.6 Å². The number of ether oxygens (including phenoxy) is 2. The van der Waals surface area contributed by atoms with Crippen LogP contribution in [0.2, 0.25) is 0 Å². The van der Waals surface area contributed by atoms with E-state index in [2.05, 4.69) is 12.2 Å². The van der Waals surface area contributed by atoms with E-state index in [9.17, 15) is 4.79 Å². The lowest BCUT2D eigenvalue weighted by Gasteiger charge is -2.24. The van der Waals surface area contributed by atoms with Crippen molar-refractivity contribution in [2.24, 2.45) is 0 Å². The molecule has 136 valence electrons. The van der Waals surface area contributed by atoms with Gasteiger partial charge >= 0.3 is 6.03 Å². The molecular formula is C19H26N2O3S. The van der Waals surface area contributed by atoms with Gasteiger partial charge in [0.1, 0.15) is 0 Å². The van der Waals surface area contributed by atoms with E-state index in [0.29, 0.717) is 18.9 Å². The Bertz CT molecular complexity index is 673. The monoisotopic (exact) mass is 362 g/mol. The fourth-order valence-electron chi connectivity index (χ4n) is 2.35. The Kier molecular flexibility index (Phi) is 7.13. The first-order valence-electron chi connectivity index (χ1n) is 8.40. The molecule has 0 bridgehead atoms.